The molecule has 1 atom stereocenters. The smallest absolute Gasteiger partial charge is 0.191 e. The average molecular weight is 445 g/mol. The number of hydrogen-bond donors (Lipinski definition) is 1. The van der Waals surface area contributed by atoms with Gasteiger partial charge in [0, 0.05) is 13.2 Å². The maximum Gasteiger partial charge on any atom is 0.191 e. The molecule has 0 unspecified atom stereocenters. The summed E-state index contributed by atoms with van der Waals surface area (Å²) in [5, 5.41) is 10.3. The lowest BCUT2D eigenvalue weighted by Crippen LogP contribution is -2.41. The average Bonchev–Trinajstić information content (AvgIpc) is 2.66. The van der Waals surface area contributed by atoms with Crippen LogP contribution in [0.1, 0.15) is 124 Å². The van der Waals surface area contributed by atoms with Crippen molar-refractivity contribution < 1.29 is 14.3 Å². The molecule has 0 aliphatic heterocycles. The molecular weight excluding hydrogens is 388 g/mol. The van der Waals surface area contributed by atoms with Gasteiger partial charge in [-0.25, -0.2) is 0 Å². The molecule has 1 N–H and O–H groups in total. The summed E-state index contributed by atoms with van der Waals surface area (Å²) in [6.07, 6.45) is 19.5. The van der Waals surface area contributed by atoms with Crippen molar-refractivity contribution in [2.24, 2.45) is 0 Å². The summed E-state index contributed by atoms with van der Waals surface area (Å²) in [5.41, 5.74) is 0. The van der Waals surface area contributed by atoms with Crippen LogP contribution in [0.4, 0.5) is 0 Å². The molecule has 0 aliphatic carbocycles. The Balaban J connectivity index is 3.32. The van der Waals surface area contributed by atoms with Gasteiger partial charge in [-0.1, -0.05) is 111 Å². The minimum Gasteiger partial charge on any atom is -0.417 e. The Hall–Kier alpha value is 0.0969. The third-order valence-corrected chi connectivity index (χ3v) is 11.2. The molecular formula is C26H56O3Si. The molecule has 0 fully saturated rings. The highest BCUT2D eigenvalue weighted by Gasteiger charge is 2.36. The predicted octanol–water partition coefficient (Wildman–Crippen LogP) is 8.26. The van der Waals surface area contributed by atoms with E-state index in [9.17, 15) is 5.11 Å². The zero-order valence-corrected chi connectivity index (χ0v) is 22.6. The van der Waals surface area contributed by atoms with Gasteiger partial charge in [0.05, 0.1) is 12.7 Å². The van der Waals surface area contributed by atoms with E-state index in [2.05, 4.69) is 40.8 Å². The second-order valence-electron chi connectivity index (χ2n) is 10.7. The first-order chi connectivity index (χ1) is 14.2. The highest BCUT2D eigenvalue weighted by molar-refractivity contribution is 6.74. The fourth-order valence-corrected chi connectivity index (χ4v) is 4.43. The lowest BCUT2D eigenvalue weighted by atomic mass is 10.0. The molecule has 0 radical (unpaired) electrons. The van der Waals surface area contributed by atoms with Crippen LogP contribution in [0.25, 0.3) is 0 Å². The number of rotatable bonds is 21. The standard InChI is InChI=1S/C26H56O3Si/c1-7-8-9-10-11-12-13-14-15-16-17-18-19-20-22-28-24-25(27)21-23-29-30(5,6)26(2,3)4/h25,27H,7-24H2,1-6H3/t25-/m0/s1. The minimum absolute atomic E-state index is 0.225. The van der Waals surface area contributed by atoms with Gasteiger partial charge >= 0.3 is 0 Å². The van der Waals surface area contributed by atoms with E-state index in [1.165, 1.54) is 83.5 Å². The number of hydrogen-bond acceptors (Lipinski definition) is 3. The zero-order valence-electron chi connectivity index (χ0n) is 21.6. The second-order valence-corrected chi connectivity index (χ2v) is 15.5. The van der Waals surface area contributed by atoms with E-state index in [0.29, 0.717) is 19.6 Å². The van der Waals surface area contributed by atoms with E-state index in [0.717, 1.165) is 13.0 Å². The summed E-state index contributed by atoms with van der Waals surface area (Å²) in [7, 11) is -1.70. The molecule has 0 aromatic heterocycles. The molecule has 0 rings (SSSR count). The van der Waals surface area contributed by atoms with Gasteiger partial charge in [0.25, 0.3) is 0 Å². The van der Waals surface area contributed by atoms with Crippen LogP contribution in [0.5, 0.6) is 0 Å². The van der Waals surface area contributed by atoms with E-state index < -0.39 is 14.4 Å². The highest BCUT2D eigenvalue weighted by Crippen LogP contribution is 2.36. The molecule has 0 heterocycles. The minimum atomic E-state index is -1.70. The van der Waals surface area contributed by atoms with Crippen LogP contribution in [0.15, 0.2) is 0 Å². The van der Waals surface area contributed by atoms with Gasteiger partial charge < -0.3 is 14.3 Å². The van der Waals surface area contributed by atoms with Crippen molar-refractivity contribution in [3.63, 3.8) is 0 Å². The summed E-state index contributed by atoms with van der Waals surface area (Å²) in [4.78, 5) is 0. The third kappa shape index (κ3) is 17.7. The van der Waals surface area contributed by atoms with Crippen LogP contribution in [0.3, 0.4) is 0 Å². The highest BCUT2D eigenvalue weighted by atomic mass is 28.4. The fourth-order valence-electron chi connectivity index (χ4n) is 3.37. The fraction of sp³-hybridized carbons (Fsp3) is 1.00. The Morgan fingerprint density at radius 1 is 0.700 bits per heavy atom. The summed E-state index contributed by atoms with van der Waals surface area (Å²) in [5.74, 6) is 0. The Morgan fingerprint density at radius 3 is 1.57 bits per heavy atom. The monoisotopic (exact) mass is 444 g/mol. The van der Waals surface area contributed by atoms with Crippen LogP contribution < -0.4 is 0 Å². The van der Waals surface area contributed by atoms with Crippen molar-refractivity contribution in [2.75, 3.05) is 19.8 Å². The van der Waals surface area contributed by atoms with Crippen LogP contribution >= 0.6 is 0 Å². The molecule has 0 amide bonds. The van der Waals surface area contributed by atoms with Crippen LogP contribution in [-0.4, -0.2) is 39.3 Å². The first-order valence-electron chi connectivity index (χ1n) is 13.1. The zero-order chi connectivity index (χ0) is 22.7. The molecule has 0 bridgehead atoms. The number of unbranched alkanes of at least 4 members (excludes halogenated alkanes) is 13. The normalized spacial score (nSPS) is 13.7. The van der Waals surface area contributed by atoms with Gasteiger partial charge in [0.15, 0.2) is 8.32 Å². The van der Waals surface area contributed by atoms with Gasteiger partial charge in [-0.3, -0.25) is 0 Å². The number of aliphatic hydroxyl groups excluding tert-OH is 1. The molecule has 0 saturated carbocycles. The maximum absolute atomic E-state index is 10.1. The quantitative estimate of drug-likeness (QED) is 0.143. The van der Waals surface area contributed by atoms with E-state index in [4.69, 9.17) is 9.16 Å². The molecule has 30 heavy (non-hydrogen) atoms. The molecule has 0 aromatic carbocycles. The molecule has 0 aliphatic rings. The molecule has 4 heteroatoms. The summed E-state index contributed by atoms with van der Waals surface area (Å²) in [6, 6.07) is 0. The Bertz CT molecular complexity index is 366. The summed E-state index contributed by atoms with van der Waals surface area (Å²) >= 11 is 0. The predicted molar refractivity (Wildman–Crippen MR) is 135 cm³/mol. The number of ether oxygens (including phenoxy) is 1. The van der Waals surface area contributed by atoms with Crippen molar-refractivity contribution in [1.29, 1.82) is 0 Å². The Kier molecular flexibility index (Phi) is 18.7. The molecule has 3 nitrogen and oxygen atoms in total. The van der Waals surface area contributed by atoms with E-state index in [1.807, 2.05) is 0 Å². The largest absolute Gasteiger partial charge is 0.417 e. The first-order valence-corrected chi connectivity index (χ1v) is 16.0. The molecule has 0 spiro atoms. The van der Waals surface area contributed by atoms with Gasteiger partial charge in [0.1, 0.15) is 0 Å². The van der Waals surface area contributed by atoms with Crippen LogP contribution in [0, 0.1) is 0 Å². The van der Waals surface area contributed by atoms with Crippen molar-refractivity contribution in [1.82, 2.24) is 0 Å². The SMILES string of the molecule is CCCCCCCCCCCCCCCCOC[C@@H](O)CCO[Si](C)(C)C(C)(C)C. The third-order valence-electron chi connectivity index (χ3n) is 6.67. The maximum atomic E-state index is 10.1. The van der Waals surface area contributed by atoms with Gasteiger partial charge in [0.2, 0.25) is 0 Å². The van der Waals surface area contributed by atoms with Crippen LogP contribution in [0.2, 0.25) is 18.1 Å². The lowest BCUT2D eigenvalue weighted by Gasteiger charge is -2.36. The van der Waals surface area contributed by atoms with Crippen LogP contribution in [-0.2, 0) is 9.16 Å². The second kappa shape index (κ2) is 18.6. The van der Waals surface area contributed by atoms with Gasteiger partial charge in [-0.2, -0.15) is 0 Å². The van der Waals surface area contributed by atoms with Crippen molar-refractivity contribution in [2.45, 2.75) is 148 Å². The van der Waals surface area contributed by atoms with Crippen molar-refractivity contribution in [3.05, 3.63) is 0 Å². The van der Waals surface area contributed by atoms with E-state index in [-0.39, 0.29) is 5.04 Å². The summed E-state index contributed by atoms with van der Waals surface area (Å²) in [6.45, 7) is 15.4. The topological polar surface area (TPSA) is 38.7 Å². The summed E-state index contributed by atoms with van der Waals surface area (Å²) < 4.78 is 11.8. The molecule has 0 aromatic rings. The Morgan fingerprint density at radius 2 is 1.13 bits per heavy atom. The van der Waals surface area contributed by atoms with Crippen molar-refractivity contribution in [3.8, 4) is 0 Å². The van der Waals surface area contributed by atoms with Gasteiger partial charge in [-0.15, -0.1) is 0 Å². The van der Waals surface area contributed by atoms with Crippen molar-refractivity contribution >= 4 is 8.32 Å². The van der Waals surface area contributed by atoms with E-state index >= 15 is 0 Å². The molecule has 0 saturated heterocycles. The Labute approximate surface area is 190 Å². The molecule has 182 valence electrons. The lowest BCUT2D eigenvalue weighted by molar-refractivity contribution is 0.0236. The van der Waals surface area contributed by atoms with Gasteiger partial charge in [-0.05, 0) is 31.0 Å². The first kappa shape index (κ1) is 30.1. The number of aliphatic hydroxyl groups is 1. The van der Waals surface area contributed by atoms with E-state index in [1.54, 1.807) is 0 Å².